The van der Waals surface area contributed by atoms with Crippen LogP contribution in [0, 0.1) is 13.8 Å². The summed E-state index contributed by atoms with van der Waals surface area (Å²) in [6, 6.07) is 15.1. The van der Waals surface area contributed by atoms with Gasteiger partial charge in [-0.25, -0.2) is 14.8 Å². The molecule has 0 aliphatic rings. The number of phenols is 1. The number of aromatic hydroxyl groups is 1. The lowest BCUT2D eigenvalue weighted by Gasteiger charge is -2.12. The van der Waals surface area contributed by atoms with Crippen LogP contribution in [0.15, 0.2) is 59.6 Å². The molecule has 2 amide bonds. The maximum atomic E-state index is 12.5. The Hall–Kier alpha value is -3.65. The zero-order valence-corrected chi connectivity index (χ0v) is 17.9. The summed E-state index contributed by atoms with van der Waals surface area (Å²) in [7, 11) is 0. The highest BCUT2D eigenvalue weighted by Gasteiger charge is 2.09. The number of nitrogens with zero attached hydrogens (tertiary/aromatic N) is 3. The third kappa shape index (κ3) is 7.27. The van der Waals surface area contributed by atoms with E-state index >= 15 is 0 Å². The SMILES string of the molecule is Cc1cc(C)nc(NC(=NCCc2ccc(O)cc2)NC(=O)Nc2cccc(Cl)c2)n1. The van der Waals surface area contributed by atoms with Crippen LogP contribution in [0.5, 0.6) is 5.75 Å². The van der Waals surface area contributed by atoms with Crippen molar-refractivity contribution in [2.24, 2.45) is 4.99 Å². The number of carbonyl (C=O) groups is 1. The van der Waals surface area contributed by atoms with Crippen LogP contribution in [0.25, 0.3) is 0 Å². The van der Waals surface area contributed by atoms with E-state index in [1.807, 2.05) is 32.0 Å². The maximum Gasteiger partial charge on any atom is 0.326 e. The number of aryl methyl sites for hydroxylation is 2. The molecule has 9 heteroatoms. The largest absolute Gasteiger partial charge is 0.508 e. The van der Waals surface area contributed by atoms with Gasteiger partial charge in [-0.2, -0.15) is 0 Å². The zero-order valence-electron chi connectivity index (χ0n) is 17.2. The number of aliphatic imine (C=N–C) groups is 1. The van der Waals surface area contributed by atoms with Crippen molar-refractivity contribution in [3.63, 3.8) is 0 Å². The summed E-state index contributed by atoms with van der Waals surface area (Å²) in [4.78, 5) is 25.6. The Balaban J connectivity index is 1.72. The molecule has 0 aliphatic heterocycles. The Morgan fingerprint density at radius 1 is 1.03 bits per heavy atom. The van der Waals surface area contributed by atoms with Crippen LogP contribution in [0.2, 0.25) is 5.02 Å². The molecule has 8 nitrogen and oxygen atoms in total. The van der Waals surface area contributed by atoms with Crippen molar-refractivity contribution >= 4 is 35.2 Å². The number of anilines is 2. The third-order valence-electron chi connectivity index (χ3n) is 4.13. The second-order valence-electron chi connectivity index (χ2n) is 6.84. The van der Waals surface area contributed by atoms with Gasteiger partial charge in [0.2, 0.25) is 11.9 Å². The van der Waals surface area contributed by atoms with E-state index in [1.54, 1.807) is 36.4 Å². The first kappa shape index (κ1) is 22.0. The summed E-state index contributed by atoms with van der Waals surface area (Å²) in [6.07, 6.45) is 0.622. The highest BCUT2D eigenvalue weighted by molar-refractivity contribution is 6.30. The van der Waals surface area contributed by atoms with E-state index in [4.69, 9.17) is 11.6 Å². The van der Waals surface area contributed by atoms with Gasteiger partial charge in [0.1, 0.15) is 5.75 Å². The highest BCUT2D eigenvalue weighted by Crippen LogP contribution is 2.14. The van der Waals surface area contributed by atoms with Gasteiger partial charge in [-0.05, 0) is 62.2 Å². The van der Waals surface area contributed by atoms with Gasteiger partial charge >= 0.3 is 6.03 Å². The number of guanidine groups is 1. The molecular weight excluding hydrogens is 416 g/mol. The van der Waals surface area contributed by atoms with Crippen LogP contribution < -0.4 is 16.0 Å². The minimum absolute atomic E-state index is 0.209. The number of benzene rings is 2. The number of carbonyl (C=O) groups excluding carboxylic acids is 1. The summed E-state index contributed by atoms with van der Waals surface area (Å²) in [5.41, 5.74) is 3.15. The smallest absolute Gasteiger partial charge is 0.326 e. The fourth-order valence-electron chi connectivity index (χ4n) is 2.79. The summed E-state index contributed by atoms with van der Waals surface area (Å²) in [5.74, 6) is 0.758. The summed E-state index contributed by atoms with van der Waals surface area (Å²) in [6.45, 7) is 4.12. The van der Waals surface area contributed by atoms with Gasteiger partial charge in [-0.3, -0.25) is 15.6 Å². The normalized spacial score (nSPS) is 11.1. The molecule has 0 unspecified atom stereocenters. The van der Waals surface area contributed by atoms with E-state index in [0.717, 1.165) is 17.0 Å². The second-order valence-corrected chi connectivity index (χ2v) is 7.27. The van der Waals surface area contributed by atoms with E-state index < -0.39 is 6.03 Å². The number of rotatable bonds is 5. The minimum Gasteiger partial charge on any atom is -0.508 e. The van der Waals surface area contributed by atoms with Crippen LogP contribution in [0.3, 0.4) is 0 Å². The van der Waals surface area contributed by atoms with Crippen molar-refractivity contribution in [3.8, 4) is 5.75 Å². The van der Waals surface area contributed by atoms with Gasteiger partial charge in [0, 0.05) is 28.6 Å². The Labute approximate surface area is 185 Å². The number of aromatic nitrogens is 2. The third-order valence-corrected chi connectivity index (χ3v) is 4.37. The van der Waals surface area contributed by atoms with Crippen molar-refractivity contribution in [2.45, 2.75) is 20.3 Å². The number of urea groups is 1. The predicted octanol–water partition coefficient (Wildman–Crippen LogP) is 4.28. The van der Waals surface area contributed by atoms with Gasteiger partial charge in [0.05, 0.1) is 0 Å². The minimum atomic E-state index is -0.484. The molecule has 0 spiro atoms. The predicted molar refractivity (Wildman–Crippen MR) is 123 cm³/mol. The topological polar surface area (TPSA) is 112 Å². The van der Waals surface area contributed by atoms with Crippen LogP contribution in [0.4, 0.5) is 16.4 Å². The van der Waals surface area contributed by atoms with Gasteiger partial charge in [0.15, 0.2) is 0 Å². The summed E-state index contributed by atoms with van der Waals surface area (Å²) < 4.78 is 0. The summed E-state index contributed by atoms with van der Waals surface area (Å²) in [5, 5.41) is 18.3. The number of halogens is 1. The average molecular weight is 439 g/mol. The summed E-state index contributed by atoms with van der Waals surface area (Å²) >= 11 is 5.97. The lowest BCUT2D eigenvalue weighted by atomic mass is 10.1. The van der Waals surface area contributed by atoms with Crippen molar-refractivity contribution in [3.05, 3.63) is 76.6 Å². The molecule has 0 radical (unpaired) electrons. The van der Waals surface area contributed by atoms with E-state index in [9.17, 15) is 9.90 Å². The molecule has 0 saturated carbocycles. The number of hydrogen-bond acceptors (Lipinski definition) is 5. The van der Waals surface area contributed by atoms with Crippen molar-refractivity contribution in [1.29, 1.82) is 0 Å². The van der Waals surface area contributed by atoms with Gasteiger partial charge in [0.25, 0.3) is 0 Å². The van der Waals surface area contributed by atoms with Crippen LogP contribution in [-0.4, -0.2) is 33.6 Å². The molecule has 4 N–H and O–H groups in total. The van der Waals surface area contributed by atoms with Crippen LogP contribution >= 0.6 is 11.6 Å². The Morgan fingerprint density at radius 3 is 2.42 bits per heavy atom. The Morgan fingerprint density at radius 2 is 1.74 bits per heavy atom. The first-order valence-corrected chi connectivity index (χ1v) is 10.0. The van der Waals surface area contributed by atoms with E-state index in [1.165, 1.54) is 0 Å². The zero-order chi connectivity index (χ0) is 22.2. The van der Waals surface area contributed by atoms with Crippen LogP contribution in [-0.2, 0) is 6.42 Å². The van der Waals surface area contributed by atoms with E-state index in [0.29, 0.717) is 29.6 Å². The van der Waals surface area contributed by atoms with E-state index in [-0.39, 0.29) is 11.7 Å². The number of hydrogen-bond donors (Lipinski definition) is 4. The van der Waals surface area contributed by atoms with Gasteiger partial charge in [-0.15, -0.1) is 0 Å². The molecule has 0 bridgehead atoms. The molecule has 1 aromatic heterocycles. The number of phenolic OH excluding ortho intramolecular Hbond substituents is 1. The first-order chi connectivity index (χ1) is 14.9. The van der Waals surface area contributed by atoms with Crippen LogP contribution in [0.1, 0.15) is 17.0 Å². The van der Waals surface area contributed by atoms with Crippen molar-refractivity contribution in [1.82, 2.24) is 15.3 Å². The molecule has 160 valence electrons. The number of nitrogens with one attached hydrogen (secondary N) is 3. The standard InChI is InChI=1S/C22H23ClN6O2/c1-14-12-15(2)26-21(25-14)28-20(24-11-10-16-6-8-19(30)9-7-16)29-22(31)27-18-5-3-4-17(23)13-18/h3-9,12-13,30H,10-11H2,1-2H3,(H3,24,25,26,27,28,29,31). The molecule has 1 heterocycles. The highest BCUT2D eigenvalue weighted by atomic mass is 35.5. The Bertz CT molecular complexity index is 1070. The van der Waals surface area contributed by atoms with Gasteiger partial charge < -0.3 is 10.4 Å². The lowest BCUT2D eigenvalue weighted by Crippen LogP contribution is -2.39. The second kappa shape index (κ2) is 10.4. The van der Waals surface area contributed by atoms with Crippen molar-refractivity contribution < 1.29 is 9.90 Å². The molecule has 0 fully saturated rings. The molecule has 3 rings (SSSR count). The fourth-order valence-corrected chi connectivity index (χ4v) is 2.98. The molecule has 3 aromatic rings. The van der Waals surface area contributed by atoms with E-state index in [2.05, 4.69) is 30.9 Å². The first-order valence-electron chi connectivity index (χ1n) is 9.62. The lowest BCUT2D eigenvalue weighted by molar-refractivity contribution is 0.256. The van der Waals surface area contributed by atoms with Gasteiger partial charge in [-0.1, -0.05) is 29.8 Å². The number of amides is 2. The molecule has 0 saturated heterocycles. The Kier molecular flexibility index (Phi) is 7.40. The molecule has 0 aliphatic carbocycles. The van der Waals surface area contributed by atoms with Crippen molar-refractivity contribution in [2.75, 3.05) is 17.2 Å². The quantitative estimate of drug-likeness (QED) is 0.351. The fraction of sp³-hybridized carbons (Fsp3) is 0.182. The molecular formula is C22H23ClN6O2. The maximum absolute atomic E-state index is 12.5. The average Bonchev–Trinajstić information content (AvgIpc) is 2.68. The molecule has 2 aromatic carbocycles. The molecule has 0 atom stereocenters. The molecule has 31 heavy (non-hydrogen) atoms. The monoisotopic (exact) mass is 438 g/mol.